The van der Waals surface area contributed by atoms with Crippen molar-refractivity contribution >= 4 is 12.0 Å². The molecule has 0 spiro atoms. The molecule has 0 radical (unpaired) electrons. The third-order valence-electron chi connectivity index (χ3n) is 2.03. The van der Waals surface area contributed by atoms with Crippen LogP contribution in [0.3, 0.4) is 0 Å². The van der Waals surface area contributed by atoms with E-state index in [1.165, 1.54) is 0 Å². The molecule has 0 aromatic rings. The maximum absolute atomic E-state index is 11.3. The summed E-state index contributed by atoms with van der Waals surface area (Å²) in [5.41, 5.74) is 0. The van der Waals surface area contributed by atoms with Crippen LogP contribution < -0.4 is 10.6 Å². The van der Waals surface area contributed by atoms with Crippen LogP contribution in [-0.2, 0) is 4.79 Å². The standard InChI is InChI=1S/C11H20N2O3/c1-3-5-7-12-11(16)13-9(6-4-2)8-10(14)15/h3,9H,1,4-8H2,2H3,(H,14,15)(H2,12,13,16). The first-order valence-corrected chi connectivity index (χ1v) is 5.47. The molecule has 0 rings (SSSR count). The molecular formula is C11H20N2O3. The van der Waals surface area contributed by atoms with Gasteiger partial charge in [0.25, 0.3) is 0 Å². The van der Waals surface area contributed by atoms with Gasteiger partial charge in [-0.05, 0) is 12.8 Å². The summed E-state index contributed by atoms with van der Waals surface area (Å²) in [7, 11) is 0. The van der Waals surface area contributed by atoms with E-state index in [2.05, 4.69) is 17.2 Å². The summed E-state index contributed by atoms with van der Waals surface area (Å²) in [4.78, 5) is 21.9. The fourth-order valence-electron chi connectivity index (χ4n) is 1.31. The average molecular weight is 228 g/mol. The zero-order valence-electron chi connectivity index (χ0n) is 9.66. The molecule has 3 N–H and O–H groups in total. The smallest absolute Gasteiger partial charge is 0.315 e. The van der Waals surface area contributed by atoms with Crippen molar-refractivity contribution in [2.45, 2.75) is 38.6 Å². The molecular weight excluding hydrogens is 208 g/mol. The van der Waals surface area contributed by atoms with Gasteiger partial charge in [0.15, 0.2) is 0 Å². The van der Waals surface area contributed by atoms with Crippen LogP contribution in [0.4, 0.5) is 4.79 Å². The van der Waals surface area contributed by atoms with Crippen LogP contribution in [0.25, 0.3) is 0 Å². The normalized spacial score (nSPS) is 11.6. The zero-order valence-corrected chi connectivity index (χ0v) is 9.66. The highest BCUT2D eigenvalue weighted by atomic mass is 16.4. The average Bonchev–Trinajstić information content (AvgIpc) is 2.17. The molecule has 0 bridgehead atoms. The highest BCUT2D eigenvalue weighted by molar-refractivity contribution is 5.75. The highest BCUT2D eigenvalue weighted by Crippen LogP contribution is 2.01. The molecule has 5 nitrogen and oxygen atoms in total. The Bertz CT molecular complexity index is 241. The van der Waals surface area contributed by atoms with Crippen molar-refractivity contribution in [3.05, 3.63) is 12.7 Å². The fourth-order valence-corrected chi connectivity index (χ4v) is 1.31. The van der Waals surface area contributed by atoms with Crippen LogP contribution in [0.1, 0.15) is 32.6 Å². The molecule has 5 heteroatoms. The van der Waals surface area contributed by atoms with Crippen LogP contribution in [0, 0.1) is 0 Å². The molecule has 2 amide bonds. The molecule has 0 aliphatic rings. The second-order valence-corrected chi connectivity index (χ2v) is 3.56. The van der Waals surface area contributed by atoms with Gasteiger partial charge in [-0.15, -0.1) is 6.58 Å². The lowest BCUT2D eigenvalue weighted by molar-refractivity contribution is -0.137. The van der Waals surface area contributed by atoms with E-state index in [-0.39, 0.29) is 18.5 Å². The van der Waals surface area contributed by atoms with Crippen molar-refractivity contribution < 1.29 is 14.7 Å². The van der Waals surface area contributed by atoms with Gasteiger partial charge in [-0.1, -0.05) is 19.4 Å². The summed E-state index contributed by atoms with van der Waals surface area (Å²) in [5, 5.41) is 13.9. The summed E-state index contributed by atoms with van der Waals surface area (Å²) >= 11 is 0. The van der Waals surface area contributed by atoms with Crippen LogP contribution >= 0.6 is 0 Å². The molecule has 0 aromatic heterocycles. The maximum atomic E-state index is 11.3. The Morgan fingerprint density at radius 3 is 2.69 bits per heavy atom. The lowest BCUT2D eigenvalue weighted by atomic mass is 10.1. The van der Waals surface area contributed by atoms with E-state index in [1.54, 1.807) is 6.08 Å². The molecule has 0 aliphatic carbocycles. The number of hydrogen-bond donors (Lipinski definition) is 3. The first-order valence-electron chi connectivity index (χ1n) is 5.47. The van der Waals surface area contributed by atoms with Gasteiger partial charge in [0.05, 0.1) is 6.42 Å². The number of aliphatic carboxylic acids is 1. The largest absolute Gasteiger partial charge is 0.481 e. The Morgan fingerprint density at radius 2 is 2.19 bits per heavy atom. The van der Waals surface area contributed by atoms with Crippen molar-refractivity contribution in [1.82, 2.24) is 10.6 Å². The second-order valence-electron chi connectivity index (χ2n) is 3.56. The Hall–Kier alpha value is -1.52. The minimum Gasteiger partial charge on any atom is -0.481 e. The third-order valence-corrected chi connectivity index (χ3v) is 2.03. The number of rotatable bonds is 8. The monoisotopic (exact) mass is 228 g/mol. The molecule has 0 saturated heterocycles. The Labute approximate surface area is 95.9 Å². The molecule has 0 fully saturated rings. The lowest BCUT2D eigenvalue weighted by Crippen LogP contribution is -2.43. The molecule has 0 aliphatic heterocycles. The second kappa shape index (κ2) is 8.76. The number of nitrogens with one attached hydrogen (secondary N) is 2. The van der Waals surface area contributed by atoms with Crippen molar-refractivity contribution in [2.24, 2.45) is 0 Å². The van der Waals surface area contributed by atoms with Gasteiger partial charge in [0.2, 0.25) is 0 Å². The molecule has 92 valence electrons. The molecule has 16 heavy (non-hydrogen) atoms. The third kappa shape index (κ3) is 7.84. The topological polar surface area (TPSA) is 78.4 Å². The first kappa shape index (κ1) is 14.5. The first-order chi connectivity index (χ1) is 7.60. The summed E-state index contributed by atoms with van der Waals surface area (Å²) in [5.74, 6) is -0.898. The Morgan fingerprint density at radius 1 is 1.50 bits per heavy atom. The number of amides is 2. The van der Waals surface area contributed by atoms with Crippen molar-refractivity contribution in [2.75, 3.05) is 6.54 Å². The van der Waals surface area contributed by atoms with E-state index in [0.29, 0.717) is 19.4 Å². The zero-order chi connectivity index (χ0) is 12.4. The highest BCUT2D eigenvalue weighted by Gasteiger charge is 2.14. The number of carboxylic acid groups (broad SMARTS) is 1. The van der Waals surface area contributed by atoms with E-state index < -0.39 is 5.97 Å². The van der Waals surface area contributed by atoms with Crippen molar-refractivity contribution in [3.8, 4) is 0 Å². The van der Waals surface area contributed by atoms with Crippen molar-refractivity contribution in [3.63, 3.8) is 0 Å². The maximum Gasteiger partial charge on any atom is 0.315 e. The predicted molar refractivity (Wildman–Crippen MR) is 62.3 cm³/mol. The summed E-state index contributed by atoms with van der Waals surface area (Å²) in [6.07, 6.45) is 3.88. The van der Waals surface area contributed by atoms with Crippen LogP contribution in [0.2, 0.25) is 0 Å². The van der Waals surface area contributed by atoms with Gasteiger partial charge < -0.3 is 15.7 Å². The van der Waals surface area contributed by atoms with E-state index >= 15 is 0 Å². The van der Waals surface area contributed by atoms with E-state index in [9.17, 15) is 9.59 Å². The predicted octanol–water partition coefficient (Wildman–Crippen LogP) is 1.51. The number of carbonyl (C=O) groups excluding carboxylic acids is 1. The van der Waals surface area contributed by atoms with E-state index in [4.69, 9.17) is 5.11 Å². The molecule has 1 unspecified atom stereocenters. The van der Waals surface area contributed by atoms with Crippen LogP contribution in [-0.4, -0.2) is 29.7 Å². The number of urea groups is 1. The molecule has 0 aromatic carbocycles. The minimum absolute atomic E-state index is 0.0390. The van der Waals surface area contributed by atoms with Gasteiger partial charge in [0.1, 0.15) is 0 Å². The van der Waals surface area contributed by atoms with Crippen molar-refractivity contribution in [1.29, 1.82) is 0 Å². The Kier molecular flexibility index (Phi) is 7.93. The van der Waals surface area contributed by atoms with E-state index in [0.717, 1.165) is 6.42 Å². The molecule has 0 heterocycles. The van der Waals surface area contributed by atoms with E-state index in [1.807, 2.05) is 6.92 Å². The minimum atomic E-state index is -0.898. The van der Waals surface area contributed by atoms with Gasteiger partial charge in [-0.2, -0.15) is 0 Å². The van der Waals surface area contributed by atoms with Crippen LogP contribution in [0.5, 0.6) is 0 Å². The van der Waals surface area contributed by atoms with Gasteiger partial charge in [-0.25, -0.2) is 4.79 Å². The number of carboxylic acids is 1. The van der Waals surface area contributed by atoms with Gasteiger partial charge >= 0.3 is 12.0 Å². The van der Waals surface area contributed by atoms with Gasteiger partial charge in [-0.3, -0.25) is 4.79 Å². The molecule has 1 atom stereocenters. The lowest BCUT2D eigenvalue weighted by Gasteiger charge is -2.16. The molecule has 0 saturated carbocycles. The Balaban J connectivity index is 3.91. The summed E-state index contributed by atoms with van der Waals surface area (Å²) in [6, 6.07) is -0.618. The SMILES string of the molecule is C=CCCNC(=O)NC(CCC)CC(=O)O. The fraction of sp³-hybridized carbons (Fsp3) is 0.636. The summed E-state index contributed by atoms with van der Waals surface area (Å²) < 4.78 is 0. The van der Waals surface area contributed by atoms with Crippen LogP contribution in [0.15, 0.2) is 12.7 Å². The number of carbonyl (C=O) groups is 2. The number of hydrogen-bond acceptors (Lipinski definition) is 2. The van der Waals surface area contributed by atoms with Gasteiger partial charge in [0, 0.05) is 12.6 Å². The quantitative estimate of drug-likeness (QED) is 0.435. The summed E-state index contributed by atoms with van der Waals surface area (Å²) in [6.45, 7) is 6.00.